The molecule has 142 valence electrons. The predicted molar refractivity (Wildman–Crippen MR) is 97.9 cm³/mol. The minimum absolute atomic E-state index is 0.205. The molecule has 7 rings (SSSR count). The quantitative estimate of drug-likeness (QED) is 0.507. The van der Waals surface area contributed by atoms with Gasteiger partial charge in [-0.15, -0.1) is 0 Å². The first-order chi connectivity index (χ1) is 13.0. The number of anilines is 1. The number of methoxy groups -OCH3 is 1. The van der Waals surface area contributed by atoms with Gasteiger partial charge in [0, 0.05) is 24.2 Å². The van der Waals surface area contributed by atoms with E-state index in [4.69, 9.17) is 4.74 Å². The summed E-state index contributed by atoms with van der Waals surface area (Å²) < 4.78 is 5.29. The Kier molecular flexibility index (Phi) is 2.72. The Morgan fingerprint density at radius 2 is 2.15 bits per heavy atom. The SMILES string of the molecule is C/C=C1\CN2C3CC45c6ccccc6NC4[C@]2(O)CC1[C@@]3(C(=O)OC)[C@H]5O. The summed E-state index contributed by atoms with van der Waals surface area (Å²) in [6.45, 7) is 2.61. The van der Waals surface area contributed by atoms with Gasteiger partial charge in [0.2, 0.25) is 0 Å². The van der Waals surface area contributed by atoms with E-state index in [1.807, 2.05) is 37.3 Å². The van der Waals surface area contributed by atoms with Crippen LogP contribution in [0.15, 0.2) is 35.9 Å². The Morgan fingerprint density at radius 1 is 1.37 bits per heavy atom. The Morgan fingerprint density at radius 3 is 2.89 bits per heavy atom. The summed E-state index contributed by atoms with van der Waals surface area (Å²) in [5.41, 5.74) is 0.278. The average molecular weight is 368 g/mol. The molecular weight excluding hydrogens is 344 g/mol. The molecule has 5 aliphatic heterocycles. The van der Waals surface area contributed by atoms with E-state index in [1.165, 1.54) is 7.11 Å². The number of hydrogen-bond donors (Lipinski definition) is 3. The fourth-order valence-corrected chi connectivity index (χ4v) is 7.51. The molecule has 5 heterocycles. The van der Waals surface area contributed by atoms with Crippen molar-refractivity contribution in [1.82, 2.24) is 4.90 Å². The van der Waals surface area contributed by atoms with Gasteiger partial charge >= 0.3 is 5.97 Å². The van der Waals surface area contributed by atoms with Crippen molar-refractivity contribution in [3.63, 3.8) is 0 Å². The number of benzene rings is 1. The number of esters is 1. The van der Waals surface area contributed by atoms with Crippen LogP contribution in [0.3, 0.4) is 0 Å². The molecule has 0 amide bonds. The molecule has 5 bridgehead atoms. The lowest BCUT2D eigenvalue weighted by atomic mass is 9.57. The van der Waals surface area contributed by atoms with Gasteiger partial charge in [0.1, 0.15) is 11.1 Å². The maximum absolute atomic E-state index is 13.3. The highest BCUT2D eigenvalue weighted by molar-refractivity contribution is 5.84. The van der Waals surface area contributed by atoms with E-state index in [0.717, 1.165) is 16.8 Å². The smallest absolute Gasteiger partial charge is 0.316 e. The van der Waals surface area contributed by atoms with Crippen molar-refractivity contribution < 1.29 is 19.7 Å². The molecular formula is C21H24N2O4. The van der Waals surface area contributed by atoms with E-state index in [1.54, 1.807) is 0 Å². The highest BCUT2D eigenvalue weighted by Crippen LogP contribution is 2.73. The summed E-state index contributed by atoms with van der Waals surface area (Å²) in [7, 11) is 1.40. The van der Waals surface area contributed by atoms with Gasteiger partial charge in [0.05, 0.1) is 24.7 Å². The number of aliphatic hydroxyl groups excluding tert-OH is 1. The Balaban J connectivity index is 1.69. The molecule has 1 aromatic carbocycles. The van der Waals surface area contributed by atoms with E-state index >= 15 is 0 Å². The van der Waals surface area contributed by atoms with Crippen LogP contribution < -0.4 is 5.32 Å². The third-order valence-electron chi connectivity index (χ3n) is 8.39. The second-order valence-corrected chi connectivity index (χ2v) is 8.84. The van der Waals surface area contributed by atoms with Crippen LogP contribution in [0.25, 0.3) is 0 Å². The number of piperidine rings is 4. The number of carbonyl (C=O) groups is 1. The van der Waals surface area contributed by atoms with Crippen molar-refractivity contribution in [1.29, 1.82) is 0 Å². The number of ether oxygens (including phenoxy) is 1. The van der Waals surface area contributed by atoms with Crippen LogP contribution >= 0.6 is 0 Å². The minimum Gasteiger partial charge on any atom is -0.468 e. The number of carbonyl (C=O) groups excluding carboxylic acids is 1. The number of allylic oxidation sites excluding steroid dienone is 1. The number of aliphatic hydroxyl groups is 2. The van der Waals surface area contributed by atoms with Crippen molar-refractivity contribution in [3.8, 4) is 0 Å². The maximum Gasteiger partial charge on any atom is 0.316 e. The van der Waals surface area contributed by atoms with Crippen LogP contribution in [0.1, 0.15) is 25.3 Å². The van der Waals surface area contributed by atoms with Gasteiger partial charge in [0.15, 0.2) is 0 Å². The number of nitrogens with zero attached hydrogens (tertiary/aromatic N) is 1. The number of hydrogen-bond acceptors (Lipinski definition) is 6. The lowest BCUT2D eigenvalue weighted by Gasteiger charge is -2.64. The van der Waals surface area contributed by atoms with Crippen molar-refractivity contribution >= 4 is 11.7 Å². The first-order valence-electron chi connectivity index (χ1n) is 9.73. The molecule has 4 saturated heterocycles. The molecule has 1 saturated carbocycles. The number of rotatable bonds is 1. The van der Waals surface area contributed by atoms with Crippen molar-refractivity contribution in [2.75, 3.05) is 19.0 Å². The molecule has 0 aromatic heterocycles. The van der Waals surface area contributed by atoms with Gasteiger partial charge in [-0.2, -0.15) is 0 Å². The summed E-state index contributed by atoms with van der Waals surface area (Å²) in [6, 6.07) is 7.38. The molecule has 0 radical (unpaired) electrons. The first-order valence-corrected chi connectivity index (χ1v) is 9.73. The second kappa shape index (κ2) is 4.57. The second-order valence-electron chi connectivity index (χ2n) is 8.84. The van der Waals surface area contributed by atoms with Crippen LogP contribution in [-0.2, 0) is 14.9 Å². The topological polar surface area (TPSA) is 82.0 Å². The van der Waals surface area contributed by atoms with Gasteiger partial charge in [-0.05, 0) is 31.4 Å². The van der Waals surface area contributed by atoms with Gasteiger partial charge in [-0.3, -0.25) is 9.69 Å². The number of para-hydroxylation sites is 1. The van der Waals surface area contributed by atoms with E-state index in [2.05, 4.69) is 10.2 Å². The first kappa shape index (κ1) is 16.1. The van der Waals surface area contributed by atoms with E-state index < -0.39 is 22.7 Å². The van der Waals surface area contributed by atoms with Crippen LogP contribution in [0.2, 0.25) is 0 Å². The average Bonchev–Trinajstić information content (AvgIpc) is 3.15. The molecule has 6 aliphatic rings. The number of fused-ring (bicyclic) bond motifs is 2. The van der Waals surface area contributed by atoms with Gasteiger partial charge < -0.3 is 20.3 Å². The lowest BCUT2D eigenvalue weighted by molar-refractivity contribution is -0.240. The van der Waals surface area contributed by atoms with Gasteiger partial charge in [-0.1, -0.05) is 29.8 Å². The standard InChI is InChI=1S/C21H24N2O4/c1-3-11-10-23-15-9-19-12-6-4-5-7-14(12)22-16(19)20(23,26)8-13(11)21(15,17(19)24)18(25)27-2/h3-7,13,15-17,22,24,26H,8-10H2,1-2H3/b11-3+/t13?,15?,16?,17-,19?,20+,21-/m0/s1. The summed E-state index contributed by atoms with van der Waals surface area (Å²) in [6.07, 6.45) is 2.21. The third kappa shape index (κ3) is 1.36. The van der Waals surface area contributed by atoms with Crippen molar-refractivity contribution in [2.24, 2.45) is 11.3 Å². The lowest BCUT2D eigenvalue weighted by Crippen LogP contribution is -2.77. The zero-order chi connectivity index (χ0) is 18.8. The Labute approximate surface area is 157 Å². The van der Waals surface area contributed by atoms with Crippen LogP contribution in [-0.4, -0.2) is 58.6 Å². The Bertz CT molecular complexity index is 915. The van der Waals surface area contributed by atoms with E-state index in [0.29, 0.717) is 19.4 Å². The number of nitrogens with one attached hydrogen (secondary N) is 1. The zero-order valence-electron chi connectivity index (χ0n) is 15.5. The Hall–Kier alpha value is -1.89. The minimum atomic E-state index is -1.09. The monoisotopic (exact) mass is 368 g/mol. The fourth-order valence-electron chi connectivity index (χ4n) is 7.51. The molecule has 5 fully saturated rings. The molecule has 6 nitrogen and oxygen atoms in total. The highest BCUT2D eigenvalue weighted by Gasteiger charge is 2.85. The van der Waals surface area contributed by atoms with Crippen LogP contribution in [0.5, 0.6) is 0 Å². The molecule has 27 heavy (non-hydrogen) atoms. The van der Waals surface area contributed by atoms with Gasteiger partial charge in [0.25, 0.3) is 0 Å². The largest absolute Gasteiger partial charge is 0.468 e. The molecule has 8 atom stereocenters. The van der Waals surface area contributed by atoms with Crippen LogP contribution in [0.4, 0.5) is 5.69 Å². The van der Waals surface area contributed by atoms with Crippen LogP contribution in [0, 0.1) is 11.3 Å². The summed E-state index contributed by atoms with van der Waals surface area (Å²) in [5, 5.41) is 27.3. The summed E-state index contributed by atoms with van der Waals surface area (Å²) in [5.74, 6) is -0.554. The molecule has 6 heteroatoms. The summed E-state index contributed by atoms with van der Waals surface area (Å²) >= 11 is 0. The molecule has 1 spiro atoms. The molecule has 1 aromatic rings. The maximum atomic E-state index is 13.3. The normalized spacial score (nSPS) is 51.9. The molecule has 3 N–H and O–H groups in total. The highest BCUT2D eigenvalue weighted by atomic mass is 16.5. The predicted octanol–water partition coefficient (Wildman–Crippen LogP) is 0.995. The summed E-state index contributed by atoms with van der Waals surface area (Å²) in [4.78, 5) is 15.3. The van der Waals surface area contributed by atoms with E-state index in [-0.39, 0.29) is 24.0 Å². The van der Waals surface area contributed by atoms with Gasteiger partial charge in [-0.25, -0.2) is 0 Å². The van der Waals surface area contributed by atoms with Crippen molar-refractivity contribution in [3.05, 3.63) is 41.5 Å². The third-order valence-corrected chi connectivity index (χ3v) is 8.39. The fraction of sp³-hybridized carbons (Fsp3) is 0.571. The molecule has 1 aliphatic carbocycles. The zero-order valence-corrected chi connectivity index (χ0v) is 15.5. The van der Waals surface area contributed by atoms with E-state index in [9.17, 15) is 15.0 Å². The molecule has 5 unspecified atom stereocenters. The van der Waals surface area contributed by atoms with Crippen molar-refractivity contribution in [2.45, 2.75) is 49.1 Å².